The molecule has 0 bridgehead atoms. The molecule has 0 nitrogen and oxygen atoms in total. The van der Waals surface area contributed by atoms with Crippen LogP contribution in [0.1, 0.15) is 20.3 Å². The smallest absolute Gasteiger partial charge is 0.0128 e. The van der Waals surface area contributed by atoms with E-state index < -0.39 is 0 Å². The Morgan fingerprint density at radius 1 is 1.38 bits per heavy atom. The van der Waals surface area contributed by atoms with Gasteiger partial charge in [0.05, 0.1) is 0 Å². The average Bonchev–Trinajstić information content (AvgIpc) is 1.77. The normalized spacial score (nSPS) is 19.8. The Balaban J connectivity index is 2.73. The number of hydrogen-bond acceptors (Lipinski definition) is 0. The van der Waals surface area contributed by atoms with Gasteiger partial charge in [0, 0.05) is 6.42 Å². The summed E-state index contributed by atoms with van der Waals surface area (Å²) >= 11 is 0. The van der Waals surface area contributed by atoms with E-state index in [1.54, 1.807) is 0 Å². The molecule has 0 aromatic carbocycles. The van der Waals surface area contributed by atoms with E-state index in [-0.39, 0.29) is 0 Å². The third kappa shape index (κ3) is 1.00. The molecule has 0 spiro atoms. The molecule has 0 heteroatoms. The molecule has 1 aliphatic carbocycles. The Morgan fingerprint density at radius 2 is 2.12 bits per heavy atom. The molecule has 0 atom stereocenters. The van der Waals surface area contributed by atoms with Crippen molar-refractivity contribution in [2.24, 2.45) is 0 Å². The lowest BCUT2D eigenvalue weighted by Crippen LogP contribution is -1.85. The summed E-state index contributed by atoms with van der Waals surface area (Å²) in [6, 6.07) is 0. The summed E-state index contributed by atoms with van der Waals surface area (Å²) in [6.45, 7) is 4.24. The molecule has 2 radical (unpaired) electrons. The van der Waals surface area contributed by atoms with Crippen molar-refractivity contribution in [3.05, 3.63) is 29.7 Å². The monoisotopic (exact) mass is 106 g/mol. The van der Waals surface area contributed by atoms with E-state index in [1.165, 1.54) is 11.1 Å². The molecular weight excluding hydrogens is 96.1 g/mol. The van der Waals surface area contributed by atoms with E-state index >= 15 is 0 Å². The van der Waals surface area contributed by atoms with Gasteiger partial charge in [0.15, 0.2) is 0 Å². The van der Waals surface area contributed by atoms with Gasteiger partial charge in [0.1, 0.15) is 0 Å². The minimum atomic E-state index is 0.989. The van der Waals surface area contributed by atoms with Gasteiger partial charge in [-0.2, -0.15) is 0 Å². The van der Waals surface area contributed by atoms with Crippen LogP contribution in [0.2, 0.25) is 0 Å². The molecule has 0 heterocycles. The maximum atomic E-state index is 3.13. The predicted molar refractivity (Wildman–Crippen MR) is 35.4 cm³/mol. The highest BCUT2D eigenvalue weighted by Gasteiger charge is 1.96. The summed E-state index contributed by atoms with van der Waals surface area (Å²) < 4.78 is 0. The van der Waals surface area contributed by atoms with E-state index in [4.69, 9.17) is 0 Å². The lowest BCUT2D eigenvalue weighted by Gasteiger charge is -2.05. The predicted octanol–water partition coefficient (Wildman–Crippen LogP) is 2.36. The molecule has 0 unspecified atom stereocenters. The van der Waals surface area contributed by atoms with Gasteiger partial charge in [-0.3, -0.25) is 0 Å². The summed E-state index contributed by atoms with van der Waals surface area (Å²) in [5.41, 5.74) is 2.74. The van der Waals surface area contributed by atoms with Crippen LogP contribution in [0.4, 0.5) is 0 Å². The maximum absolute atomic E-state index is 3.13. The first-order chi connectivity index (χ1) is 3.80. The molecule has 0 aliphatic heterocycles. The summed E-state index contributed by atoms with van der Waals surface area (Å²) in [6.07, 6.45) is 8.36. The first kappa shape index (κ1) is 5.61. The number of rotatable bonds is 0. The van der Waals surface area contributed by atoms with Gasteiger partial charge < -0.3 is 0 Å². The fourth-order valence-electron chi connectivity index (χ4n) is 0.699. The van der Waals surface area contributed by atoms with Crippen LogP contribution in [0.25, 0.3) is 0 Å². The molecule has 1 rings (SSSR count). The zero-order valence-electron chi connectivity index (χ0n) is 5.36. The van der Waals surface area contributed by atoms with Crippen molar-refractivity contribution < 1.29 is 0 Å². The van der Waals surface area contributed by atoms with Crippen LogP contribution in [-0.4, -0.2) is 0 Å². The van der Waals surface area contributed by atoms with Crippen molar-refractivity contribution in [2.75, 3.05) is 0 Å². The first-order valence-corrected chi connectivity index (χ1v) is 2.88. The van der Waals surface area contributed by atoms with Crippen molar-refractivity contribution in [1.29, 1.82) is 0 Å². The van der Waals surface area contributed by atoms with Gasteiger partial charge in [-0.1, -0.05) is 23.3 Å². The van der Waals surface area contributed by atoms with Crippen molar-refractivity contribution in [1.82, 2.24) is 0 Å². The average molecular weight is 106 g/mol. The van der Waals surface area contributed by atoms with E-state index in [9.17, 15) is 0 Å². The van der Waals surface area contributed by atoms with E-state index in [0.29, 0.717) is 0 Å². The Labute approximate surface area is 50.9 Å². The van der Waals surface area contributed by atoms with Crippen molar-refractivity contribution in [3.63, 3.8) is 0 Å². The first-order valence-electron chi connectivity index (χ1n) is 2.88. The third-order valence-electron chi connectivity index (χ3n) is 1.47. The number of allylic oxidation sites excluding steroid dienone is 4. The summed E-state index contributed by atoms with van der Waals surface area (Å²) in [5, 5.41) is 0. The quantitative estimate of drug-likeness (QED) is 0.444. The second-order valence-corrected chi connectivity index (χ2v) is 2.12. The van der Waals surface area contributed by atoms with Gasteiger partial charge in [-0.15, -0.1) is 0 Å². The third-order valence-corrected chi connectivity index (χ3v) is 1.47. The highest BCUT2D eigenvalue weighted by molar-refractivity contribution is 5.33. The van der Waals surface area contributed by atoms with E-state index in [0.717, 1.165) is 6.42 Å². The molecule has 0 N–H and O–H groups in total. The summed E-state index contributed by atoms with van der Waals surface area (Å²) in [7, 11) is 0. The minimum Gasteiger partial charge on any atom is -0.0804 e. The second-order valence-electron chi connectivity index (χ2n) is 2.12. The van der Waals surface area contributed by atoms with Crippen LogP contribution >= 0.6 is 0 Å². The van der Waals surface area contributed by atoms with Crippen LogP contribution < -0.4 is 0 Å². The van der Waals surface area contributed by atoms with Gasteiger partial charge in [-0.05, 0) is 20.3 Å². The second kappa shape index (κ2) is 2.17. The fraction of sp³-hybridized carbons (Fsp3) is 0.375. The molecule has 0 saturated carbocycles. The summed E-state index contributed by atoms with van der Waals surface area (Å²) in [5.74, 6) is 0. The van der Waals surface area contributed by atoms with Crippen molar-refractivity contribution in [3.8, 4) is 0 Å². The zero-order chi connectivity index (χ0) is 5.98. The van der Waals surface area contributed by atoms with Crippen molar-refractivity contribution >= 4 is 0 Å². The zero-order valence-corrected chi connectivity index (χ0v) is 5.36. The van der Waals surface area contributed by atoms with Crippen LogP contribution in [-0.2, 0) is 0 Å². The van der Waals surface area contributed by atoms with Crippen LogP contribution in [0, 0.1) is 6.42 Å². The molecule has 0 saturated heterocycles. The van der Waals surface area contributed by atoms with Gasteiger partial charge in [0.2, 0.25) is 0 Å². The Kier molecular flexibility index (Phi) is 1.52. The highest BCUT2D eigenvalue weighted by Crippen LogP contribution is 2.15. The molecule has 0 aromatic rings. The lowest BCUT2D eigenvalue weighted by atomic mass is 10.0. The van der Waals surface area contributed by atoms with E-state index in [2.05, 4.69) is 32.4 Å². The molecule has 0 amide bonds. The lowest BCUT2D eigenvalue weighted by molar-refractivity contribution is 1.16. The minimum absolute atomic E-state index is 0.989. The molecule has 0 fully saturated rings. The Hall–Kier alpha value is -0.520. The summed E-state index contributed by atoms with van der Waals surface area (Å²) in [4.78, 5) is 0. The molecular formula is C8H10. The van der Waals surface area contributed by atoms with Gasteiger partial charge in [0.25, 0.3) is 0 Å². The SMILES string of the molecule is CC1=C[C]CC=C1C. The van der Waals surface area contributed by atoms with Crippen LogP contribution in [0.3, 0.4) is 0 Å². The largest absolute Gasteiger partial charge is 0.0804 e. The molecule has 42 valence electrons. The number of hydrogen-bond donors (Lipinski definition) is 0. The molecule has 0 aromatic heterocycles. The van der Waals surface area contributed by atoms with Crippen molar-refractivity contribution in [2.45, 2.75) is 20.3 Å². The highest BCUT2D eigenvalue weighted by atomic mass is 14.0. The van der Waals surface area contributed by atoms with Crippen LogP contribution in [0.5, 0.6) is 0 Å². The van der Waals surface area contributed by atoms with Gasteiger partial charge >= 0.3 is 0 Å². The Morgan fingerprint density at radius 3 is 2.50 bits per heavy atom. The topological polar surface area (TPSA) is 0 Å². The van der Waals surface area contributed by atoms with Gasteiger partial charge in [-0.25, -0.2) is 0 Å². The fourth-order valence-corrected chi connectivity index (χ4v) is 0.699. The van der Waals surface area contributed by atoms with Crippen LogP contribution in [0.15, 0.2) is 23.3 Å². The Bertz CT molecular complexity index is 120. The molecule has 1 aliphatic rings. The standard InChI is InChI=1S/C8H10/c1-7-5-3-4-6-8(7)2/h5-6H,3H2,1-2H3. The van der Waals surface area contributed by atoms with E-state index in [1.807, 2.05) is 0 Å². The molecule has 8 heavy (non-hydrogen) atoms. The maximum Gasteiger partial charge on any atom is 0.0128 e.